The average molecular weight is 413 g/mol. The Bertz CT molecular complexity index is 1360. The highest BCUT2D eigenvalue weighted by molar-refractivity contribution is 6.51. The van der Waals surface area contributed by atoms with Crippen molar-refractivity contribution in [1.82, 2.24) is 9.97 Å². The molecule has 0 radical (unpaired) electrons. The van der Waals surface area contributed by atoms with Crippen LogP contribution in [0.5, 0.6) is 0 Å². The van der Waals surface area contributed by atoms with Gasteiger partial charge in [0.1, 0.15) is 0 Å². The van der Waals surface area contributed by atoms with E-state index in [1.165, 1.54) is 24.3 Å². The van der Waals surface area contributed by atoms with Crippen LogP contribution in [0.2, 0.25) is 0 Å². The SMILES string of the molecule is O=C(/C(=N/Nc1ccc([N+](=O)[O-])cc1)c1nc2ccccc2[nH]c1=O)c1ccccc1. The monoisotopic (exact) mass is 413 g/mol. The van der Waals surface area contributed by atoms with Crippen molar-refractivity contribution >= 4 is 33.9 Å². The number of carbonyl (C=O) groups excluding carboxylic acids is 1. The number of ketones is 1. The molecule has 0 fully saturated rings. The van der Waals surface area contributed by atoms with Crippen molar-refractivity contribution in [3.63, 3.8) is 0 Å². The molecule has 2 N–H and O–H groups in total. The Kier molecular flexibility index (Phi) is 5.31. The van der Waals surface area contributed by atoms with Crippen molar-refractivity contribution in [1.29, 1.82) is 0 Å². The van der Waals surface area contributed by atoms with E-state index in [2.05, 4.69) is 20.5 Å². The largest absolute Gasteiger partial charge is 0.319 e. The number of benzene rings is 3. The predicted molar refractivity (Wildman–Crippen MR) is 116 cm³/mol. The number of hydrazone groups is 1. The lowest BCUT2D eigenvalue weighted by Crippen LogP contribution is -2.27. The Hall–Kier alpha value is -4.66. The van der Waals surface area contributed by atoms with Gasteiger partial charge in [-0.05, 0) is 24.3 Å². The van der Waals surface area contributed by atoms with Gasteiger partial charge in [0.25, 0.3) is 11.2 Å². The van der Waals surface area contributed by atoms with E-state index in [4.69, 9.17) is 0 Å². The van der Waals surface area contributed by atoms with E-state index in [0.717, 1.165) is 0 Å². The second kappa shape index (κ2) is 8.37. The number of non-ortho nitro benzene ring substituents is 1. The summed E-state index contributed by atoms with van der Waals surface area (Å²) in [6.45, 7) is 0. The normalized spacial score (nSPS) is 11.3. The van der Waals surface area contributed by atoms with Crippen LogP contribution < -0.4 is 11.0 Å². The zero-order valence-electron chi connectivity index (χ0n) is 16.0. The number of nitrogens with zero attached hydrogens (tertiary/aromatic N) is 3. The first kappa shape index (κ1) is 19.6. The van der Waals surface area contributed by atoms with Crippen molar-refractivity contribution in [2.24, 2.45) is 5.10 Å². The van der Waals surface area contributed by atoms with Gasteiger partial charge in [-0.15, -0.1) is 0 Å². The summed E-state index contributed by atoms with van der Waals surface area (Å²) >= 11 is 0. The fourth-order valence-corrected chi connectivity index (χ4v) is 2.91. The van der Waals surface area contributed by atoms with Gasteiger partial charge in [-0.1, -0.05) is 42.5 Å². The number of hydrogen-bond donors (Lipinski definition) is 2. The zero-order valence-corrected chi connectivity index (χ0v) is 16.0. The second-order valence-electron chi connectivity index (χ2n) is 6.50. The highest BCUT2D eigenvalue weighted by atomic mass is 16.6. The van der Waals surface area contributed by atoms with Crippen LogP contribution in [0.25, 0.3) is 11.0 Å². The van der Waals surface area contributed by atoms with E-state index in [1.807, 2.05) is 0 Å². The molecule has 0 atom stereocenters. The predicted octanol–water partition coefficient (Wildman–Crippen LogP) is 3.53. The third-order valence-corrected chi connectivity index (χ3v) is 4.45. The molecule has 4 rings (SSSR count). The maximum atomic E-state index is 13.1. The van der Waals surface area contributed by atoms with Gasteiger partial charge in [0.05, 0.1) is 21.6 Å². The Morgan fingerprint density at radius 1 is 0.968 bits per heavy atom. The maximum absolute atomic E-state index is 13.1. The van der Waals surface area contributed by atoms with Crippen LogP contribution in [0.1, 0.15) is 16.1 Å². The van der Waals surface area contributed by atoms with Crippen molar-refractivity contribution in [2.45, 2.75) is 0 Å². The number of aromatic amines is 1. The number of hydrogen-bond acceptors (Lipinski definition) is 7. The molecule has 0 aliphatic carbocycles. The van der Waals surface area contributed by atoms with Gasteiger partial charge in [-0.3, -0.25) is 25.1 Å². The van der Waals surface area contributed by atoms with Crippen molar-refractivity contribution in [3.05, 3.63) is 111 Å². The summed E-state index contributed by atoms with van der Waals surface area (Å²) in [6.07, 6.45) is 0. The summed E-state index contributed by atoms with van der Waals surface area (Å²) in [5.74, 6) is -0.497. The lowest BCUT2D eigenvalue weighted by Gasteiger charge is -2.08. The summed E-state index contributed by atoms with van der Waals surface area (Å²) in [5.41, 5.74) is 3.50. The molecule has 0 amide bonds. The van der Waals surface area contributed by atoms with E-state index in [-0.39, 0.29) is 17.1 Å². The Balaban J connectivity index is 1.79. The third-order valence-electron chi connectivity index (χ3n) is 4.45. The summed E-state index contributed by atoms with van der Waals surface area (Å²) < 4.78 is 0. The fourth-order valence-electron chi connectivity index (χ4n) is 2.91. The number of H-pyrrole nitrogens is 1. The molecule has 0 aliphatic rings. The molecular formula is C22H15N5O4. The first-order valence-corrected chi connectivity index (χ1v) is 9.20. The second-order valence-corrected chi connectivity index (χ2v) is 6.50. The van der Waals surface area contributed by atoms with E-state index in [1.54, 1.807) is 54.6 Å². The summed E-state index contributed by atoms with van der Waals surface area (Å²) in [7, 11) is 0. The van der Waals surface area contributed by atoms with Gasteiger partial charge in [-0.25, -0.2) is 4.98 Å². The number of para-hydroxylation sites is 2. The number of nitrogens with one attached hydrogen (secondary N) is 2. The number of fused-ring (bicyclic) bond motifs is 1. The minimum Gasteiger partial charge on any atom is -0.319 e. The van der Waals surface area contributed by atoms with Crippen molar-refractivity contribution in [3.8, 4) is 0 Å². The number of Topliss-reactive ketones (excluding diaryl/α,β-unsaturated/α-hetero) is 1. The molecule has 9 heteroatoms. The molecule has 31 heavy (non-hydrogen) atoms. The Labute approximate surface area is 175 Å². The van der Waals surface area contributed by atoms with Gasteiger partial charge in [0.15, 0.2) is 11.4 Å². The average Bonchev–Trinajstić information content (AvgIpc) is 2.80. The van der Waals surface area contributed by atoms with Crippen LogP contribution in [0.15, 0.2) is 88.8 Å². The molecule has 152 valence electrons. The third kappa shape index (κ3) is 4.20. The topological polar surface area (TPSA) is 130 Å². The molecule has 0 bridgehead atoms. The number of rotatable bonds is 6. The highest BCUT2D eigenvalue weighted by Crippen LogP contribution is 2.16. The van der Waals surface area contributed by atoms with Crippen LogP contribution in [-0.4, -0.2) is 26.4 Å². The van der Waals surface area contributed by atoms with Crippen molar-refractivity contribution < 1.29 is 9.72 Å². The summed E-state index contributed by atoms with van der Waals surface area (Å²) in [4.78, 5) is 43.2. The van der Waals surface area contributed by atoms with E-state index >= 15 is 0 Å². The molecule has 0 saturated carbocycles. The minimum atomic E-state index is -0.563. The van der Waals surface area contributed by atoms with Gasteiger partial charge in [-0.2, -0.15) is 5.10 Å². The number of nitro groups is 1. The van der Waals surface area contributed by atoms with Gasteiger partial charge >= 0.3 is 0 Å². The van der Waals surface area contributed by atoms with E-state index in [0.29, 0.717) is 22.3 Å². The standard InChI is InChI=1S/C22H15N5O4/c28-21(14-6-2-1-3-7-14)19(26-25-15-10-12-16(13-11-15)27(30)31)20-22(29)24-18-9-5-4-8-17(18)23-20/h1-13,25H,(H,24,29)/b26-19+. The number of carbonyl (C=O) groups is 1. The molecule has 1 aromatic heterocycles. The van der Waals surface area contributed by atoms with Crippen LogP contribution in [0.4, 0.5) is 11.4 Å². The van der Waals surface area contributed by atoms with Crippen LogP contribution in [0.3, 0.4) is 0 Å². The van der Waals surface area contributed by atoms with E-state index in [9.17, 15) is 19.7 Å². The minimum absolute atomic E-state index is 0.0808. The smallest absolute Gasteiger partial charge is 0.276 e. The number of nitro benzene ring substituents is 1. The van der Waals surface area contributed by atoms with Crippen LogP contribution >= 0.6 is 0 Å². The number of anilines is 1. The quantitative estimate of drug-likeness (QED) is 0.215. The zero-order chi connectivity index (χ0) is 21.8. The van der Waals surface area contributed by atoms with Crippen LogP contribution in [0, 0.1) is 10.1 Å². The first-order chi connectivity index (χ1) is 15.0. The van der Waals surface area contributed by atoms with Gasteiger partial charge in [0.2, 0.25) is 5.78 Å². The Morgan fingerprint density at radius 3 is 2.35 bits per heavy atom. The number of aromatic nitrogens is 2. The molecule has 0 aliphatic heterocycles. The molecule has 0 unspecified atom stereocenters. The van der Waals surface area contributed by atoms with Crippen LogP contribution in [-0.2, 0) is 0 Å². The van der Waals surface area contributed by atoms with Crippen molar-refractivity contribution in [2.75, 3.05) is 5.43 Å². The Morgan fingerprint density at radius 2 is 1.65 bits per heavy atom. The molecular weight excluding hydrogens is 398 g/mol. The summed E-state index contributed by atoms with van der Waals surface area (Å²) in [6, 6.07) is 20.8. The molecule has 0 spiro atoms. The molecule has 9 nitrogen and oxygen atoms in total. The first-order valence-electron chi connectivity index (χ1n) is 9.20. The highest BCUT2D eigenvalue weighted by Gasteiger charge is 2.22. The van der Waals surface area contributed by atoms with Gasteiger partial charge in [0, 0.05) is 17.7 Å². The molecule has 1 heterocycles. The molecule has 4 aromatic rings. The lowest BCUT2D eigenvalue weighted by atomic mass is 10.0. The van der Waals surface area contributed by atoms with E-state index < -0.39 is 16.3 Å². The molecule has 0 saturated heterocycles. The fraction of sp³-hybridized carbons (Fsp3) is 0. The van der Waals surface area contributed by atoms with Gasteiger partial charge < -0.3 is 4.98 Å². The molecule has 3 aromatic carbocycles. The summed E-state index contributed by atoms with van der Waals surface area (Å²) in [5, 5.41) is 15.0. The lowest BCUT2D eigenvalue weighted by molar-refractivity contribution is -0.384. The maximum Gasteiger partial charge on any atom is 0.276 e.